The maximum atomic E-state index is 14.0. The van der Waals surface area contributed by atoms with Crippen LogP contribution in [-0.2, 0) is 16.4 Å². The van der Waals surface area contributed by atoms with Crippen LogP contribution in [0.5, 0.6) is 0 Å². The van der Waals surface area contributed by atoms with Crippen molar-refractivity contribution >= 4 is 60.0 Å². The molecule has 1 aromatic heterocycles. The Labute approximate surface area is 250 Å². The molecule has 0 spiro atoms. The zero-order chi connectivity index (χ0) is 30.9. The molecule has 4 aromatic rings. The number of anilines is 1. The standard InChI is InChI=1S/C26H22BrClF4N6O3S/c1-42(40,41)37-24(34)22-17(28)4-5-20(23(22)35-11-21(31)32)38-25(18(33)8-12-6-14(29)10-15(30)7-12)36-19-9-13(27)2-3-16(19)26(38)39/h2-7,9-10,18,21,35H,8,11,33H2,1H3,(H2,34,37). The summed E-state index contributed by atoms with van der Waals surface area (Å²) in [5.74, 6) is -2.57. The average molecular weight is 690 g/mol. The predicted molar refractivity (Wildman–Crippen MR) is 156 cm³/mol. The van der Waals surface area contributed by atoms with E-state index >= 15 is 0 Å². The lowest BCUT2D eigenvalue weighted by molar-refractivity contribution is 0.163. The lowest BCUT2D eigenvalue weighted by Gasteiger charge is -2.23. The molecule has 222 valence electrons. The van der Waals surface area contributed by atoms with E-state index in [1.165, 1.54) is 18.2 Å². The predicted octanol–water partition coefficient (Wildman–Crippen LogP) is 4.87. The van der Waals surface area contributed by atoms with Crippen molar-refractivity contribution in [2.45, 2.75) is 18.9 Å². The lowest BCUT2D eigenvalue weighted by Crippen LogP contribution is -2.33. The molecule has 0 aliphatic heterocycles. The number of amidine groups is 1. The number of halogens is 6. The number of alkyl halides is 2. The number of nitrogens with zero attached hydrogens (tertiary/aromatic N) is 2. The van der Waals surface area contributed by atoms with Gasteiger partial charge in [-0.2, -0.15) is 0 Å². The molecule has 1 heterocycles. The first-order valence-corrected chi connectivity index (χ1v) is 15.0. The summed E-state index contributed by atoms with van der Waals surface area (Å²) in [5.41, 5.74) is 5.40. The molecule has 0 aliphatic carbocycles. The van der Waals surface area contributed by atoms with E-state index < -0.39 is 52.1 Å². The molecule has 0 amide bonds. The monoisotopic (exact) mass is 688 g/mol. The molecule has 42 heavy (non-hydrogen) atoms. The van der Waals surface area contributed by atoms with Crippen LogP contribution in [0.3, 0.4) is 0 Å². The number of fused-ring (bicyclic) bond motifs is 1. The van der Waals surface area contributed by atoms with Crippen molar-refractivity contribution in [2.75, 3.05) is 18.1 Å². The molecule has 0 radical (unpaired) electrons. The summed E-state index contributed by atoms with van der Waals surface area (Å²) in [6.45, 7) is -0.959. The molecule has 4 rings (SSSR count). The first-order valence-electron chi connectivity index (χ1n) is 12.0. The average Bonchev–Trinajstić information content (AvgIpc) is 2.85. The summed E-state index contributed by atoms with van der Waals surface area (Å²) in [6, 6.07) is 8.79. The van der Waals surface area contributed by atoms with Crippen LogP contribution < -0.4 is 21.3 Å². The number of nitrogens with two attached hydrogens (primary N) is 1. The molecule has 1 unspecified atom stereocenters. The van der Waals surface area contributed by atoms with Crippen LogP contribution in [0.1, 0.15) is 23.0 Å². The van der Waals surface area contributed by atoms with Gasteiger partial charge in [0.1, 0.15) is 23.3 Å². The third-order valence-electron chi connectivity index (χ3n) is 5.91. The zero-order valence-corrected chi connectivity index (χ0v) is 24.7. The number of hydrogen-bond acceptors (Lipinski definition) is 7. The molecule has 0 aliphatic rings. The second-order valence-electron chi connectivity index (χ2n) is 9.20. The van der Waals surface area contributed by atoms with Gasteiger partial charge < -0.3 is 11.1 Å². The first-order chi connectivity index (χ1) is 19.6. The van der Waals surface area contributed by atoms with Crippen molar-refractivity contribution in [3.05, 3.63) is 97.0 Å². The third kappa shape index (κ3) is 7.09. The number of rotatable bonds is 9. The summed E-state index contributed by atoms with van der Waals surface area (Å²) < 4.78 is 81.9. The first kappa shape index (κ1) is 31.4. The van der Waals surface area contributed by atoms with Gasteiger partial charge in [-0.05, 0) is 54.4 Å². The van der Waals surface area contributed by atoms with Crippen LogP contribution >= 0.6 is 27.5 Å². The second kappa shape index (κ2) is 12.4. The van der Waals surface area contributed by atoms with E-state index in [2.05, 4.69) is 26.2 Å². The summed E-state index contributed by atoms with van der Waals surface area (Å²) in [7, 11) is -3.99. The van der Waals surface area contributed by atoms with Gasteiger partial charge in [0, 0.05) is 10.5 Å². The van der Waals surface area contributed by atoms with Gasteiger partial charge in [0.15, 0.2) is 0 Å². The molecular weight excluding hydrogens is 668 g/mol. The Morgan fingerprint density at radius 1 is 1.14 bits per heavy atom. The SMILES string of the molecule is CS(=O)(=O)NC(=N)c1c(Cl)ccc(-n2c(C(N)Cc3cc(F)cc(F)c3)nc3cc(Br)ccc3c2=O)c1NCC(F)F. The highest BCUT2D eigenvalue weighted by atomic mass is 79.9. The largest absolute Gasteiger partial charge is 0.377 e. The number of hydrogen-bond donors (Lipinski definition) is 4. The van der Waals surface area contributed by atoms with Gasteiger partial charge >= 0.3 is 0 Å². The number of sulfonamides is 1. The van der Waals surface area contributed by atoms with Crippen LogP contribution in [-0.4, -0.2) is 43.0 Å². The third-order valence-corrected chi connectivity index (χ3v) is 7.29. The minimum atomic E-state index is -3.99. The van der Waals surface area contributed by atoms with Crippen molar-refractivity contribution in [2.24, 2.45) is 5.73 Å². The Hall–Kier alpha value is -3.53. The Balaban J connectivity index is 2.03. The molecule has 0 saturated heterocycles. The molecule has 3 aromatic carbocycles. The fourth-order valence-corrected chi connectivity index (χ4v) is 5.40. The van der Waals surface area contributed by atoms with Crippen LogP contribution in [0.2, 0.25) is 5.02 Å². The van der Waals surface area contributed by atoms with Gasteiger partial charge in [0.2, 0.25) is 10.0 Å². The zero-order valence-electron chi connectivity index (χ0n) is 21.6. The molecule has 0 fully saturated rings. The summed E-state index contributed by atoms with van der Waals surface area (Å²) in [6.07, 6.45) is -2.30. The molecule has 1 atom stereocenters. The minimum Gasteiger partial charge on any atom is -0.377 e. The van der Waals surface area contributed by atoms with Gasteiger partial charge in [-0.15, -0.1) is 0 Å². The maximum absolute atomic E-state index is 14.0. The van der Waals surface area contributed by atoms with Crippen molar-refractivity contribution in [3.8, 4) is 5.69 Å². The molecule has 0 bridgehead atoms. The number of benzene rings is 3. The summed E-state index contributed by atoms with van der Waals surface area (Å²) in [5, 5.41) is 10.7. The molecule has 16 heteroatoms. The van der Waals surface area contributed by atoms with E-state index in [1.807, 2.05) is 4.72 Å². The van der Waals surface area contributed by atoms with Crippen molar-refractivity contribution in [3.63, 3.8) is 0 Å². The topological polar surface area (TPSA) is 143 Å². The fraction of sp³-hybridized carbons (Fsp3) is 0.192. The van der Waals surface area contributed by atoms with Gasteiger partial charge in [0.25, 0.3) is 12.0 Å². The maximum Gasteiger partial charge on any atom is 0.266 e. The van der Waals surface area contributed by atoms with Crippen LogP contribution in [0.25, 0.3) is 16.6 Å². The number of aromatic nitrogens is 2. The van der Waals surface area contributed by atoms with Crippen molar-refractivity contribution < 1.29 is 26.0 Å². The lowest BCUT2D eigenvalue weighted by atomic mass is 10.0. The Kier molecular flexibility index (Phi) is 9.25. The van der Waals surface area contributed by atoms with Crippen LogP contribution in [0.4, 0.5) is 23.2 Å². The van der Waals surface area contributed by atoms with Crippen LogP contribution in [0.15, 0.2) is 57.8 Å². The van der Waals surface area contributed by atoms with Crippen molar-refractivity contribution in [1.29, 1.82) is 5.41 Å². The van der Waals surface area contributed by atoms with Crippen LogP contribution in [0, 0.1) is 17.0 Å². The van der Waals surface area contributed by atoms with Crippen molar-refractivity contribution in [1.82, 2.24) is 14.3 Å². The van der Waals surface area contributed by atoms with E-state index in [1.54, 1.807) is 12.1 Å². The quantitative estimate of drug-likeness (QED) is 0.112. The summed E-state index contributed by atoms with van der Waals surface area (Å²) in [4.78, 5) is 18.5. The molecule has 5 N–H and O–H groups in total. The van der Waals surface area contributed by atoms with E-state index in [0.717, 1.165) is 23.0 Å². The van der Waals surface area contributed by atoms with Gasteiger partial charge in [-0.3, -0.25) is 19.5 Å². The fourth-order valence-electron chi connectivity index (χ4n) is 4.32. The van der Waals surface area contributed by atoms with Gasteiger partial charge in [0.05, 0.1) is 51.7 Å². The van der Waals surface area contributed by atoms with Gasteiger partial charge in [-0.1, -0.05) is 27.5 Å². The Bertz CT molecular complexity index is 1850. The van der Waals surface area contributed by atoms with E-state index in [-0.39, 0.29) is 50.7 Å². The second-order valence-corrected chi connectivity index (χ2v) is 12.3. The normalized spacial score (nSPS) is 12.5. The van der Waals surface area contributed by atoms with E-state index in [4.69, 9.17) is 22.7 Å². The van der Waals surface area contributed by atoms with E-state index in [9.17, 15) is 30.8 Å². The summed E-state index contributed by atoms with van der Waals surface area (Å²) >= 11 is 9.63. The van der Waals surface area contributed by atoms with Gasteiger partial charge in [-0.25, -0.2) is 31.0 Å². The highest BCUT2D eigenvalue weighted by Gasteiger charge is 2.26. The molecular formula is C26H22BrClF4N6O3S. The molecule has 9 nitrogen and oxygen atoms in total. The highest BCUT2D eigenvalue weighted by molar-refractivity contribution is 9.10. The van der Waals surface area contributed by atoms with E-state index in [0.29, 0.717) is 10.5 Å². The Morgan fingerprint density at radius 3 is 2.43 bits per heavy atom. The Morgan fingerprint density at radius 2 is 1.81 bits per heavy atom. The smallest absolute Gasteiger partial charge is 0.266 e. The number of nitrogens with one attached hydrogen (secondary N) is 3. The highest BCUT2D eigenvalue weighted by Crippen LogP contribution is 2.33. The molecule has 0 saturated carbocycles. The minimum absolute atomic E-state index is 0.103.